The Morgan fingerprint density at radius 3 is 2.83 bits per heavy atom. The number of hydrogen-bond donors (Lipinski definition) is 1. The van der Waals surface area contributed by atoms with Crippen molar-refractivity contribution in [1.29, 1.82) is 0 Å². The molecule has 4 nitrogen and oxygen atoms in total. The summed E-state index contributed by atoms with van der Waals surface area (Å²) in [6.07, 6.45) is 3.72. The molecular weight excluding hydrogens is 252 g/mol. The SMILES string of the molecule is CCc1nn(CC)c(CC(O)c2ccoc2)c1Cl. The van der Waals surface area contributed by atoms with Crippen LogP contribution < -0.4 is 0 Å². The second-order valence-electron chi connectivity index (χ2n) is 4.15. The number of aryl methyl sites for hydroxylation is 2. The van der Waals surface area contributed by atoms with Crippen LogP contribution in [0.1, 0.15) is 36.9 Å². The van der Waals surface area contributed by atoms with Crippen LogP contribution in [0.25, 0.3) is 0 Å². The number of halogens is 1. The average Bonchev–Trinajstić information content (AvgIpc) is 2.99. The van der Waals surface area contributed by atoms with Gasteiger partial charge in [0.25, 0.3) is 0 Å². The molecule has 0 saturated carbocycles. The standard InChI is InChI=1S/C13H17ClN2O2/c1-3-10-13(14)11(16(4-2)15-10)7-12(17)9-5-6-18-8-9/h5-6,8,12,17H,3-4,7H2,1-2H3. The molecule has 0 amide bonds. The normalized spacial score (nSPS) is 12.9. The zero-order valence-electron chi connectivity index (χ0n) is 10.6. The van der Waals surface area contributed by atoms with Crippen molar-refractivity contribution < 1.29 is 9.52 Å². The molecule has 0 aliphatic heterocycles. The van der Waals surface area contributed by atoms with Gasteiger partial charge in [-0.05, 0) is 19.4 Å². The van der Waals surface area contributed by atoms with E-state index in [2.05, 4.69) is 5.10 Å². The Morgan fingerprint density at radius 1 is 1.50 bits per heavy atom. The van der Waals surface area contributed by atoms with E-state index in [1.54, 1.807) is 18.6 Å². The largest absolute Gasteiger partial charge is 0.472 e. The summed E-state index contributed by atoms with van der Waals surface area (Å²) in [6, 6.07) is 1.76. The fourth-order valence-electron chi connectivity index (χ4n) is 1.98. The number of rotatable bonds is 5. The van der Waals surface area contributed by atoms with E-state index in [1.165, 1.54) is 0 Å². The van der Waals surface area contributed by atoms with Gasteiger partial charge >= 0.3 is 0 Å². The van der Waals surface area contributed by atoms with E-state index in [4.69, 9.17) is 16.0 Å². The third-order valence-corrected chi connectivity index (χ3v) is 3.45. The highest BCUT2D eigenvalue weighted by Gasteiger charge is 2.19. The molecule has 0 saturated heterocycles. The number of furan rings is 1. The summed E-state index contributed by atoms with van der Waals surface area (Å²) in [5.74, 6) is 0. The number of nitrogens with zero attached hydrogens (tertiary/aromatic N) is 2. The summed E-state index contributed by atoms with van der Waals surface area (Å²) in [5.41, 5.74) is 2.52. The monoisotopic (exact) mass is 268 g/mol. The first-order chi connectivity index (χ1) is 8.67. The van der Waals surface area contributed by atoms with Gasteiger partial charge in [0.15, 0.2) is 0 Å². The van der Waals surface area contributed by atoms with Crippen LogP contribution in [-0.2, 0) is 19.4 Å². The Balaban J connectivity index is 2.25. The second-order valence-corrected chi connectivity index (χ2v) is 4.53. The first-order valence-corrected chi connectivity index (χ1v) is 6.49. The fourth-order valence-corrected chi connectivity index (χ4v) is 2.32. The molecule has 0 spiro atoms. The molecule has 18 heavy (non-hydrogen) atoms. The highest BCUT2D eigenvalue weighted by molar-refractivity contribution is 6.31. The number of aromatic nitrogens is 2. The van der Waals surface area contributed by atoms with Gasteiger partial charge in [-0.3, -0.25) is 4.68 Å². The maximum Gasteiger partial charge on any atom is 0.0960 e. The highest BCUT2D eigenvalue weighted by Crippen LogP contribution is 2.27. The molecule has 0 aliphatic carbocycles. The topological polar surface area (TPSA) is 51.2 Å². The maximum atomic E-state index is 10.1. The molecule has 0 bridgehead atoms. The van der Waals surface area contributed by atoms with Gasteiger partial charge in [0.2, 0.25) is 0 Å². The summed E-state index contributed by atoms with van der Waals surface area (Å²) in [7, 11) is 0. The van der Waals surface area contributed by atoms with Gasteiger partial charge in [0, 0.05) is 18.5 Å². The molecule has 2 aromatic rings. The lowest BCUT2D eigenvalue weighted by Gasteiger charge is -2.10. The van der Waals surface area contributed by atoms with Crippen molar-refractivity contribution in [2.24, 2.45) is 0 Å². The van der Waals surface area contributed by atoms with Gasteiger partial charge in [-0.25, -0.2) is 0 Å². The van der Waals surface area contributed by atoms with Crippen LogP contribution >= 0.6 is 11.6 Å². The van der Waals surface area contributed by atoms with Gasteiger partial charge in [0.1, 0.15) is 0 Å². The van der Waals surface area contributed by atoms with Gasteiger partial charge in [-0.1, -0.05) is 18.5 Å². The molecule has 5 heteroatoms. The maximum absolute atomic E-state index is 10.1. The summed E-state index contributed by atoms with van der Waals surface area (Å²) in [4.78, 5) is 0. The van der Waals surface area contributed by atoms with Crippen molar-refractivity contribution in [2.75, 3.05) is 0 Å². The van der Waals surface area contributed by atoms with Crippen LogP contribution in [0.4, 0.5) is 0 Å². The summed E-state index contributed by atoms with van der Waals surface area (Å²) in [5, 5.41) is 15.2. The van der Waals surface area contributed by atoms with Crippen molar-refractivity contribution in [3.8, 4) is 0 Å². The second kappa shape index (κ2) is 5.59. The minimum atomic E-state index is -0.618. The Kier molecular flexibility index (Phi) is 4.09. The molecule has 1 atom stereocenters. The summed E-state index contributed by atoms with van der Waals surface area (Å²) < 4.78 is 6.82. The molecule has 1 N–H and O–H groups in total. The first-order valence-electron chi connectivity index (χ1n) is 6.11. The third kappa shape index (κ3) is 2.44. The van der Waals surface area contributed by atoms with Crippen molar-refractivity contribution in [1.82, 2.24) is 9.78 Å². The van der Waals surface area contributed by atoms with Crippen LogP contribution in [0, 0.1) is 0 Å². The smallest absolute Gasteiger partial charge is 0.0960 e. The molecule has 0 fully saturated rings. The van der Waals surface area contributed by atoms with Crippen LogP contribution in [0.3, 0.4) is 0 Å². The molecule has 1 unspecified atom stereocenters. The van der Waals surface area contributed by atoms with E-state index < -0.39 is 6.10 Å². The zero-order chi connectivity index (χ0) is 13.1. The molecule has 2 rings (SSSR count). The van der Waals surface area contributed by atoms with E-state index in [9.17, 15) is 5.11 Å². The zero-order valence-corrected chi connectivity index (χ0v) is 11.3. The van der Waals surface area contributed by atoms with Crippen LogP contribution in [-0.4, -0.2) is 14.9 Å². The first kappa shape index (κ1) is 13.2. The summed E-state index contributed by atoms with van der Waals surface area (Å²) >= 11 is 6.30. The van der Waals surface area contributed by atoms with Gasteiger partial charge < -0.3 is 9.52 Å². The minimum absolute atomic E-state index is 0.444. The van der Waals surface area contributed by atoms with Gasteiger partial charge in [-0.15, -0.1) is 0 Å². The Labute approximate surface area is 111 Å². The van der Waals surface area contributed by atoms with E-state index in [0.717, 1.165) is 29.9 Å². The predicted octanol–water partition coefficient (Wildman–Crippen LogP) is 2.99. The quantitative estimate of drug-likeness (QED) is 0.907. The van der Waals surface area contributed by atoms with E-state index in [1.807, 2.05) is 18.5 Å². The van der Waals surface area contributed by atoms with Crippen molar-refractivity contribution in [3.63, 3.8) is 0 Å². The Bertz CT molecular complexity index is 505. The van der Waals surface area contributed by atoms with E-state index in [-0.39, 0.29) is 0 Å². The lowest BCUT2D eigenvalue weighted by Crippen LogP contribution is -2.08. The lowest BCUT2D eigenvalue weighted by molar-refractivity contribution is 0.174. The number of aliphatic hydroxyl groups is 1. The highest BCUT2D eigenvalue weighted by atomic mass is 35.5. The van der Waals surface area contributed by atoms with Crippen molar-refractivity contribution in [2.45, 2.75) is 39.3 Å². The molecular formula is C13H17ClN2O2. The van der Waals surface area contributed by atoms with Gasteiger partial charge in [0.05, 0.1) is 35.0 Å². The van der Waals surface area contributed by atoms with Gasteiger partial charge in [-0.2, -0.15) is 5.10 Å². The fraction of sp³-hybridized carbons (Fsp3) is 0.462. The molecule has 2 heterocycles. The van der Waals surface area contributed by atoms with E-state index in [0.29, 0.717) is 11.4 Å². The molecule has 0 aliphatic rings. The Morgan fingerprint density at radius 2 is 2.28 bits per heavy atom. The number of hydrogen-bond acceptors (Lipinski definition) is 3. The van der Waals surface area contributed by atoms with Crippen LogP contribution in [0.2, 0.25) is 5.02 Å². The van der Waals surface area contributed by atoms with Crippen LogP contribution in [0.5, 0.6) is 0 Å². The molecule has 0 aromatic carbocycles. The molecule has 2 aromatic heterocycles. The van der Waals surface area contributed by atoms with Crippen LogP contribution in [0.15, 0.2) is 23.0 Å². The summed E-state index contributed by atoms with van der Waals surface area (Å²) in [6.45, 7) is 4.77. The lowest BCUT2D eigenvalue weighted by atomic mass is 10.1. The molecule has 0 radical (unpaired) electrons. The molecule has 98 valence electrons. The third-order valence-electron chi connectivity index (χ3n) is 3.01. The minimum Gasteiger partial charge on any atom is -0.472 e. The van der Waals surface area contributed by atoms with Crippen molar-refractivity contribution in [3.05, 3.63) is 40.6 Å². The predicted molar refractivity (Wildman–Crippen MR) is 69.7 cm³/mol. The van der Waals surface area contributed by atoms with E-state index >= 15 is 0 Å². The number of aliphatic hydroxyl groups excluding tert-OH is 1. The Hall–Kier alpha value is -1.26. The average molecular weight is 269 g/mol. The van der Waals surface area contributed by atoms with Crippen molar-refractivity contribution >= 4 is 11.6 Å².